The Kier molecular flexibility index (Phi) is 3.29. The van der Waals surface area contributed by atoms with Crippen molar-refractivity contribution < 1.29 is 8.42 Å². The fourth-order valence-corrected chi connectivity index (χ4v) is 1.85. The van der Waals surface area contributed by atoms with E-state index in [1.165, 1.54) is 0 Å². The van der Waals surface area contributed by atoms with Gasteiger partial charge in [-0.25, -0.2) is 8.42 Å². The van der Waals surface area contributed by atoms with Gasteiger partial charge in [0.1, 0.15) is 0 Å². The number of rotatable bonds is 3. The van der Waals surface area contributed by atoms with Crippen molar-refractivity contribution in [1.29, 1.82) is 0 Å². The summed E-state index contributed by atoms with van der Waals surface area (Å²) in [6.07, 6.45) is 0.564. The van der Waals surface area contributed by atoms with E-state index in [0.717, 1.165) is 5.56 Å². The van der Waals surface area contributed by atoms with Crippen LogP contribution in [-0.4, -0.2) is 14.2 Å². The molecule has 1 aromatic carbocycles. The van der Waals surface area contributed by atoms with Crippen molar-refractivity contribution >= 4 is 23.1 Å². The summed E-state index contributed by atoms with van der Waals surface area (Å²) < 4.78 is 21.4. The van der Waals surface area contributed by atoms with E-state index < -0.39 is 8.27 Å². The van der Waals surface area contributed by atoms with Gasteiger partial charge in [-0.15, -0.1) is 0 Å². The van der Waals surface area contributed by atoms with E-state index in [9.17, 15) is 8.42 Å². The Bertz CT molecular complexity index is 331. The van der Waals surface area contributed by atoms with Crippen molar-refractivity contribution in [2.24, 2.45) is 0 Å². The van der Waals surface area contributed by atoms with Crippen LogP contribution in [0.5, 0.6) is 0 Å². The predicted octanol–water partition coefficient (Wildman–Crippen LogP) is 1.95. The largest absolute Gasteiger partial charge is 0.217 e. The highest BCUT2D eigenvalue weighted by molar-refractivity contribution is 9.47. The van der Waals surface area contributed by atoms with Crippen molar-refractivity contribution in [2.45, 2.75) is 6.42 Å². The monoisotopic (exact) mass is 248 g/mol. The van der Waals surface area contributed by atoms with Crippen molar-refractivity contribution in [2.75, 3.05) is 5.75 Å². The number of halogens is 1. The lowest BCUT2D eigenvalue weighted by atomic mass is 10.2. The molecular weight excluding hydrogens is 240 g/mol. The summed E-state index contributed by atoms with van der Waals surface area (Å²) in [7, 11) is -3.01. The Morgan fingerprint density at radius 2 is 1.75 bits per heavy atom. The van der Waals surface area contributed by atoms with Gasteiger partial charge in [-0.2, -0.15) is 0 Å². The van der Waals surface area contributed by atoms with Crippen LogP contribution in [0.15, 0.2) is 30.3 Å². The van der Waals surface area contributed by atoms with E-state index in [1.54, 1.807) is 0 Å². The van der Waals surface area contributed by atoms with Crippen molar-refractivity contribution in [1.82, 2.24) is 0 Å². The normalized spacial score (nSPS) is 11.4. The molecule has 0 saturated heterocycles. The molecule has 0 N–H and O–H groups in total. The first-order valence-electron chi connectivity index (χ1n) is 3.54. The summed E-state index contributed by atoms with van der Waals surface area (Å²) in [6.45, 7) is 0. The second-order valence-electron chi connectivity index (χ2n) is 2.48. The highest BCUT2D eigenvalue weighted by atomic mass is 79.9. The van der Waals surface area contributed by atoms with Gasteiger partial charge in [0.25, 0.3) is 0 Å². The van der Waals surface area contributed by atoms with Crippen molar-refractivity contribution in [3.63, 3.8) is 0 Å². The Morgan fingerprint density at radius 3 is 2.25 bits per heavy atom. The van der Waals surface area contributed by atoms with Crippen molar-refractivity contribution in [3.8, 4) is 0 Å². The molecule has 0 fully saturated rings. The molecule has 0 aromatic heterocycles. The molecule has 0 bridgehead atoms. The second kappa shape index (κ2) is 4.05. The van der Waals surface area contributed by atoms with Crippen LogP contribution in [0, 0.1) is 0 Å². The first kappa shape index (κ1) is 9.74. The van der Waals surface area contributed by atoms with Crippen LogP contribution in [-0.2, 0) is 14.7 Å². The molecule has 0 aliphatic heterocycles. The molecule has 0 heterocycles. The third kappa shape index (κ3) is 3.88. The van der Waals surface area contributed by atoms with E-state index >= 15 is 0 Å². The van der Waals surface area contributed by atoms with Crippen LogP contribution in [0.2, 0.25) is 0 Å². The molecule has 1 aromatic rings. The molecule has 0 amide bonds. The van der Waals surface area contributed by atoms with Gasteiger partial charge in [-0.3, -0.25) is 0 Å². The molecule has 0 aliphatic carbocycles. The molecular formula is C8H9BrO2S. The number of benzene rings is 1. The van der Waals surface area contributed by atoms with E-state index in [0.29, 0.717) is 6.42 Å². The predicted molar refractivity (Wildman–Crippen MR) is 52.9 cm³/mol. The molecule has 66 valence electrons. The Hall–Kier alpha value is -0.350. The Morgan fingerprint density at radius 1 is 1.17 bits per heavy atom. The number of aryl methyl sites for hydroxylation is 1. The average molecular weight is 249 g/mol. The number of hydrogen-bond acceptors (Lipinski definition) is 2. The minimum Gasteiger partial charge on any atom is -0.217 e. The summed E-state index contributed by atoms with van der Waals surface area (Å²) in [4.78, 5) is 0. The molecule has 12 heavy (non-hydrogen) atoms. The summed E-state index contributed by atoms with van der Waals surface area (Å²) in [5, 5.41) is 0. The Labute approximate surface area is 79.7 Å². The molecule has 2 nitrogen and oxygen atoms in total. The molecule has 0 saturated carbocycles. The fraction of sp³-hybridized carbons (Fsp3) is 0.250. The number of hydrogen-bond donors (Lipinski definition) is 0. The molecule has 0 unspecified atom stereocenters. The smallest absolute Gasteiger partial charge is 0.209 e. The van der Waals surface area contributed by atoms with Crippen LogP contribution in [0.4, 0.5) is 0 Å². The zero-order valence-corrected chi connectivity index (χ0v) is 8.81. The maximum atomic E-state index is 10.7. The van der Waals surface area contributed by atoms with Gasteiger partial charge < -0.3 is 0 Å². The minimum absolute atomic E-state index is 0.150. The van der Waals surface area contributed by atoms with Crippen LogP contribution in [0.1, 0.15) is 5.56 Å². The third-order valence-corrected chi connectivity index (χ3v) is 3.14. The van der Waals surface area contributed by atoms with E-state index in [2.05, 4.69) is 14.8 Å². The van der Waals surface area contributed by atoms with Gasteiger partial charge in [0.15, 0.2) is 0 Å². The molecule has 0 spiro atoms. The van der Waals surface area contributed by atoms with Gasteiger partial charge in [-0.05, 0) is 12.0 Å². The maximum absolute atomic E-state index is 10.7. The van der Waals surface area contributed by atoms with Gasteiger partial charge in [0.05, 0.1) is 20.6 Å². The second-order valence-corrected chi connectivity index (χ2v) is 6.92. The molecule has 0 atom stereocenters. The topological polar surface area (TPSA) is 34.1 Å². The quantitative estimate of drug-likeness (QED) is 0.767. The maximum Gasteiger partial charge on any atom is 0.209 e. The average Bonchev–Trinajstić information content (AvgIpc) is 2.02. The Balaban J connectivity index is 2.56. The van der Waals surface area contributed by atoms with Crippen LogP contribution >= 0.6 is 14.8 Å². The molecule has 0 aliphatic rings. The third-order valence-electron chi connectivity index (χ3n) is 1.48. The summed E-state index contributed by atoms with van der Waals surface area (Å²) in [5.41, 5.74) is 1.04. The molecule has 0 radical (unpaired) electrons. The highest BCUT2D eigenvalue weighted by Crippen LogP contribution is 2.06. The molecule has 1 rings (SSSR count). The van der Waals surface area contributed by atoms with Crippen LogP contribution in [0.3, 0.4) is 0 Å². The SMILES string of the molecule is O=S(=O)(Br)CCc1ccccc1. The van der Waals surface area contributed by atoms with Crippen molar-refractivity contribution in [3.05, 3.63) is 35.9 Å². The van der Waals surface area contributed by atoms with Crippen LogP contribution in [0.25, 0.3) is 0 Å². The first-order valence-corrected chi connectivity index (χ1v) is 7.04. The molecule has 4 heteroatoms. The lowest BCUT2D eigenvalue weighted by molar-refractivity contribution is 0.610. The zero-order chi connectivity index (χ0) is 9.03. The van der Waals surface area contributed by atoms with Gasteiger partial charge in [0.2, 0.25) is 8.27 Å². The standard InChI is InChI=1S/C8H9BrO2S/c9-12(10,11)7-6-8-4-2-1-3-5-8/h1-5H,6-7H2. The zero-order valence-electron chi connectivity index (χ0n) is 6.40. The lowest BCUT2D eigenvalue weighted by Gasteiger charge is -1.97. The first-order chi connectivity index (χ1) is 5.58. The van der Waals surface area contributed by atoms with E-state index in [-0.39, 0.29) is 5.75 Å². The fourth-order valence-electron chi connectivity index (χ4n) is 0.884. The van der Waals surface area contributed by atoms with Gasteiger partial charge in [0, 0.05) is 0 Å². The summed E-state index contributed by atoms with van der Waals surface area (Å²) in [5.74, 6) is 0.150. The highest BCUT2D eigenvalue weighted by Gasteiger charge is 2.03. The summed E-state index contributed by atoms with van der Waals surface area (Å²) >= 11 is 2.61. The van der Waals surface area contributed by atoms with Crippen LogP contribution < -0.4 is 0 Å². The van der Waals surface area contributed by atoms with Gasteiger partial charge >= 0.3 is 0 Å². The minimum atomic E-state index is -3.01. The lowest BCUT2D eigenvalue weighted by Crippen LogP contribution is -1.99. The van der Waals surface area contributed by atoms with E-state index in [4.69, 9.17) is 0 Å². The summed E-state index contributed by atoms with van der Waals surface area (Å²) in [6, 6.07) is 9.54. The van der Waals surface area contributed by atoms with E-state index in [1.807, 2.05) is 30.3 Å². The van der Waals surface area contributed by atoms with Gasteiger partial charge in [-0.1, -0.05) is 30.3 Å².